The van der Waals surface area contributed by atoms with Gasteiger partial charge in [0.2, 0.25) is 5.91 Å². The van der Waals surface area contributed by atoms with E-state index in [1.807, 2.05) is 13.8 Å². The molecule has 3 rings (SSSR count). The first-order chi connectivity index (χ1) is 18.6. The maximum absolute atomic E-state index is 13.6. The molecule has 3 aromatic rings. The number of hydrogen-bond acceptors (Lipinski definition) is 6. The summed E-state index contributed by atoms with van der Waals surface area (Å²) in [6, 6.07) is 9.73. The number of methoxy groups -OCH3 is 2. The van der Waals surface area contributed by atoms with Gasteiger partial charge in [-0.15, -0.1) is 0 Å². The van der Waals surface area contributed by atoms with Crippen LogP contribution in [0.25, 0.3) is 10.9 Å². The van der Waals surface area contributed by atoms with E-state index in [0.717, 1.165) is 17.4 Å². The van der Waals surface area contributed by atoms with E-state index in [0.29, 0.717) is 35.1 Å². The van der Waals surface area contributed by atoms with Crippen LogP contribution in [-0.4, -0.2) is 47.8 Å². The molecule has 39 heavy (non-hydrogen) atoms. The molecule has 1 heterocycles. The molecule has 210 valence electrons. The van der Waals surface area contributed by atoms with Gasteiger partial charge in [-0.2, -0.15) is 0 Å². The highest BCUT2D eigenvalue weighted by molar-refractivity contribution is 5.94. The van der Waals surface area contributed by atoms with Gasteiger partial charge in [-0.25, -0.2) is 4.79 Å². The van der Waals surface area contributed by atoms with Crippen LogP contribution in [0.2, 0.25) is 0 Å². The number of ether oxygens (including phenoxy) is 2. The average molecular weight is 539 g/mol. The van der Waals surface area contributed by atoms with E-state index in [4.69, 9.17) is 9.47 Å². The minimum Gasteiger partial charge on any atom is -0.493 e. The Bertz CT molecular complexity index is 1440. The number of rotatable bonds is 12. The fourth-order valence-electron chi connectivity index (χ4n) is 4.12. The number of carbonyl (C=O) groups excluding carboxylic acids is 2. The molecule has 0 aliphatic rings. The molecule has 0 saturated heterocycles. The topological polar surface area (TPSA) is 121 Å². The Hall–Kier alpha value is -4.08. The van der Waals surface area contributed by atoms with Crippen LogP contribution in [0.5, 0.6) is 11.5 Å². The van der Waals surface area contributed by atoms with E-state index in [1.54, 1.807) is 24.3 Å². The lowest BCUT2D eigenvalue weighted by atomic mass is 10.1. The van der Waals surface area contributed by atoms with Gasteiger partial charge in [0.25, 0.3) is 11.5 Å². The van der Waals surface area contributed by atoms with E-state index in [-0.39, 0.29) is 41.8 Å². The first kappa shape index (κ1) is 29.5. The van der Waals surface area contributed by atoms with Crippen molar-refractivity contribution in [2.45, 2.75) is 59.7 Å². The number of benzene rings is 2. The molecular weight excluding hydrogens is 500 g/mol. The van der Waals surface area contributed by atoms with Crippen LogP contribution in [-0.2, 0) is 17.9 Å². The molecule has 1 aromatic heterocycles. The van der Waals surface area contributed by atoms with Gasteiger partial charge in [0.1, 0.15) is 6.54 Å². The summed E-state index contributed by atoms with van der Waals surface area (Å²) >= 11 is 0. The predicted molar refractivity (Wildman–Crippen MR) is 151 cm³/mol. The largest absolute Gasteiger partial charge is 0.493 e. The quantitative estimate of drug-likeness (QED) is 0.366. The lowest BCUT2D eigenvalue weighted by molar-refractivity contribution is -0.122. The molecule has 10 heteroatoms. The van der Waals surface area contributed by atoms with Crippen LogP contribution >= 0.6 is 0 Å². The highest BCUT2D eigenvalue weighted by atomic mass is 16.5. The predicted octanol–water partition coefficient (Wildman–Crippen LogP) is 2.92. The molecule has 0 radical (unpaired) electrons. The number of nitrogens with one attached hydrogen (secondary N) is 2. The third-order valence-electron chi connectivity index (χ3n) is 6.62. The molecular formula is C29H38N4O6. The smallest absolute Gasteiger partial charge is 0.332 e. The number of nitrogens with zero attached hydrogens (tertiary/aromatic N) is 2. The van der Waals surface area contributed by atoms with Crippen molar-refractivity contribution in [2.75, 3.05) is 20.8 Å². The molecule has 0 aliphatic carbocycles. The zero-order valence-corrected chi connectivity index (χ0v) is 23.5. The Morgan fingerprint density at radius 2 is 1.59 bits per heavy atom. The second-order valence-electron chi connectivity index (χ2n) is 10.00. The lowest BCUT2D eigenvalue weighted by Gasteiger charge is -2.17. The van der Waals surface area contributed by atoms with Crippen molar-refractivity contribution < 1.29 is 19.1 Å². The van der Waals surface area contributed by atoms with Gasteiger partial charge >= 0.3 is 5.69 Å². The monoisotopic (exact) mass is 538 g/mol. The first-order valence-corrected chi connectivity index (χ1v) is 13.1. The molecule has 0 saturated carbocycles. The average Bonchev–Trinajstić information content (AvgIpc) is 2.92. The minimum atomic E-state index is -0.630. The summed E-state index contributed by atoms with van der Waals surface area (Å²) in [5, 5.41) is 5.97. The molecule has 2 aromatic carbocycles. The van der Waals surface area contributed by atoms with Gasteiger partial charge in [-0.1, -0.05) is 32.9 Å². The zero-order chi connectivity index (χ0) is 28.7. The number of fused-ring (bicyclic) bond motifs is 1. The van der Waals surface area contributed by atoms with Gasteiger partial charge < -0.3 is 20.1 Å². The van der Waals surface area contributed by atoms with Crippen molar-refractivity contribution >= 4 is 22.7 Å². The van der Waals surface area contributed by atoms with Crippen molar-refractivity contribution in [1.82, 2.24) is 19.8 Å². The van der Waals surface area contributed by atoms with Crippen LogP contribution < -0.4 is 31.4 Å². The van der Waals surface area contributed by atoms with Crippen molar-refractivity contribution in [3.8, 4) is 11.5 Å². The Balaban J connectivity index is 2.02. The lowest BCUT2D eigenvalue weighted by Crippen LogP contribution is -2.44. The third kappa shape index (κ3) is 7.07. The van der Waals surface area contributed by atoms with E-state index in [1.165, 1.54) is 30.9 Å². The third-order valence-corrected chi connectivity index (χ3v) is 6.62. The molecule has 0 spiro atoms. The second kappa shape index (κ2) is 13.1. The van der Waals surface area contributed by atoms with Gasteiger partial charge in [-0.3, -0.25) is 23.5 Å². The second-order valence-corrected chi connectivity index (χ2v) is 10.00. The van der Waals surface area contributed by atoms with Crippen molar-refractivity contribution in [2.24, 2.45) is 5.92 Å². The molecule has 0 aliphatic heterocycles. The van der Waals surface area contributed by atoms with E-state index < -0.39 is 11.2 Å². The first-order valence-electron chi connectivity index (χ1n) is 13.1. The summed E-state index contributed by atoms with van der Waals surface area (Å²) in [6.45, 7) is 8.28. The van der Waals surface area contributed by atoms with Crippen LogP contribution in [0.4, 0.5) is 0 Å². The SMILES string of the molecule is CC[C@@H](C)NC(=O)Cn1c(=O)n(Cc2ccc(C(=O)NCCC(C)C)cc2)c(=O)c2cc(OC)c(OC)cc21. The maximum atomic E-state index is 13.6. The van der Waals surface area contributed by atoms with Gasteiger partial charge in [-0.05, 0) is 49.4 Å². The molecule has 10 nitrogen and oxygen atoms in total. The Labute approximate surface area is 227 Å². The van der Waals surface area contributed by atoms with E-state index in [2.05, 4.69) is 24.5 Å². The Morgan fingerprint density at radius 1 is 0.949 bits per heavy atom. The van der Waals surface area contributed by atoms with Gasteiger partial charge in [0, 0.05) is 24.2 Å². The van der Waals surface area contributed by atoms with Crippen LogP contribution in [0.1, 0.15) is 56.5 Å². The molecule has 0 bridgehead atoms. The summed E-state index contributed by atoms with van der Waals surface area (Å²) in [5.41, 5.74) is 0.263. The van der Waals surface area contributed by atoms with Crippen LogP contribution in [0, 0.1) is 5.92 Å². The maximum Gasteiger partial charge on any atom is 0.332 e. The minimum absolute atomic E-state index is 0.0375. The fourth-order valence-corrected chi connectivity index (χ4v) is 4.12. The Kier molecular flexibility index (Phi) is 9.92. The van der Waals surface area contributed by atoms with Gasteiger partial charge in [0.05, 0.1) is 31.7 Å². The number of hydrogen-bond donors (Lipinski definition) is 2. The summed E-state index contributed by atoms with van der Waals surface area (Å²) in [6.07, 6.45) is 1.62. The van der Waals surface area contributed by atoms with Crippen molar-refractivity contribution in [3.05, 3.63) is 68.4 Å². The summed E-state index contributed by atoms with van der Waals surface area (Å²) < 4.78 is 13.1. The highest BCUT2D eigenvalue weighted by Crippen LogP contribution is 2.30. The van der Waals surface area contributed by atoms with Crippen LogP contribution in [0.15, 0.2) is 46.0 Å². The standard InChI is InChI=1S/C29H38N4O6/c1-7-19(4)31-26(34)17-32-23-15-25(39-6)24(38-5)14-22(23)28(36)33(29(32)37)16-20-8-10-21(11-9-20)27(35)30-13-12-18(2)3/h8-11,14-15,18-19H,7,12-13,16-17H2,1-6H3,(H,30,35)(H,31,34)/t19-/m1/s1. The molecule has 0 unspecified atom stereocenters. The van der Waals surface area contributed by atoms with Gasteiger partial charge in [0.15, 0.2) is 11.5 Å². The zero-order valence-electron chi connectivity index (χ0n) is 23.5. The highest BCUT2D eigenvalue weighted by Gasteiger charge is 2.19. The molecule has 0 fully saturated rings. The molecule has 1 atom stereocenters. The summed E-state index contributed by atoms with van der Waals surface area (Å²) in [7, 11) is 2.91. The van der Waals surface area contributed by atoms with E-state index >= 15 is 0 Å². The number of aromatic nitrogens is 2. The van der Waals surface area contributed by atoms with Crippen molar-refractivity contribution in [1.29, 1.82) is 0 Å². The van der Waals surface area contributed by atoms with Crippen LogP contribution in [0.3, 0.4) is 0 Å². The molecule has 2 N–H and O–H groups in total. The van der Waals surface area contributed by atoms with E-state index in [9.17, 15) is 19.2 Å². The Morgan fingerprint density at radius 3 is 2.18 bits per heavy atom. The van der Waals surface area contributed by atoms with Crippen molar-refractivity contribution in [3.63, 3.8) is 0 Å². The normalized spacial score (nSPS) is 11.9. The summed E-state index contributed by atoms with van der Waals surface area (Å²) in [5.74, 6) is 0.621. The number of amides is 2. The fraction of sp³-hybridized carbons (Fsp3) is 0.448. The summed E-state index contributed by atoms with van der Waals surface area (Å²) in [4.78, 5) is 52.3. The number of carbonyl (C=O) groups is 2. The molecule has 2 amide bonds.